The first-order chi connectivity index (χ1) is 7.15. The fourth-order valence-corrected chi connectivity index (χ4v) is 1.03. The minimum Gasteiger partial charge on any atom is -0.355 e. The zero-order chi connectivity index (χ0) is 11.3. The SMILES string of the molecule is CCNC(=O)C(C)NC(=O)n1ccnc1. The Labute approximate surface area is 87.7 Å². The van der Waals surface area contributed by atoms with E-state index < -0.39 is 6.04 Å². The van der Waals surface area contributed by atoms with Gasteiger partial charge in [-0.3, -0.25) is 9.36 Å². The third-order valence-electron chi connectivity index (χ3n) is 1.82. The second-order valence-corrected chi connectivity index (χ2v) is 3.04. The summed E-state index contributed by atoms with van der Waals surface area (Å²) in [4.78, 5) is 26.5. The molecule has 2 amide bonds. The lowest BCUT2D eigenvalue weighted by Gasteiger charge is -2.12. The van der Waals surface area contributed by atoms with E-state index in [1.807, 2.05) is 6.92 Å². The summed E-state index contributed by atoms with van der Waals surface area (Å²) in [5.41, 5.74) is 0. The molecule has 1 rings (SSSR count). The number of amides is 2. The van der Waals surface area contributed by atoms with E-state index >= 15 is 0 Å². The van der Waals surface area contributed by atoms with Crippen LogP contribution in [-0.2, 0) is 4.79 Å². The molecule has 0 aromatic carbocycles. The van der Waals surface area contributed by atoms with Crippen LogP contribution in [0.15, 0.2) is 18.7 Å². The Kier molecular flexibility index (Phi) is 3.84. The van der Waals surface area contributed by atoms with Crippen molar-refractivity contribution in [1.82, 2.24) is 20.2 Å². The molecule has 15 heavy (non-hydrogen) atoms. The van der Waals surface area contributed by atoms with Gasteiger partial charge in [0.05, 0.1) is 0 Å². The Morgan fingerprint density at radius 2 is 2.27 bits per heavy atom. The molecule has 0 fully saturated rings. The Morgan fingerprint density at radius 3 is 2.80 bits per heavy atom. The first kappa shape index (κ1) is 11.2. The molecule has 6 heteroatoms. The van der Waals surface area contributed by atoms with Gasteiger partial charge in [-0.25, -0.2) is 9.78 Å². The molecule has 0 aliphatic heterocycles. The van der Waals surface area contributed by atoms with Crippen molar-refractivity contribution in [3.05, 3.63) is 18.7 Å². The van der Waals surface area contributed by atoms with Gasteiger partial charge in [-0.2, -0.15) is 0 Å². The molecular weight excluding hydrogens is 196 g/mol. The van der Waals surface area contributed by atoms with Crippen LogP contribution in [0.2, 0.25) is 0 Å². The molecule has 0 radical (unpaired) electrons. The highest BCUT2D eigenvalue weighted by atomic mass is 16.2. The highest BCUT2D eigenvalue weighted by Crippen LogP contribution is 1.88. The third-order valence-corrected chi connectivity index (χ3v) is 1.82. The molecule has 0 aliphatic rings. The van der Waals surface area contributed by atoms with Crippen molar-refractivity contribution in [2.75, 3.05) is 6.54 Å². The lowest BCUT2D eigenvalue weighted by molar-refractivity contribution is -0.122. The maximum atomic E-state index is 11.5. The fraction of sp³-hybridized carbons (Fsp3) is 0.444. The van der Waals surface area contributed by atoms with E-state index in [-0.39, 0.29) is 11.9 Å². The van der Waals surface area contributed by atoms with Gasteiger partial charge in [-0.1, -0.05) is 0 Å². The lowest BCUT2D eigenvalue weighted by Crippen LogP contribution is -2.45. The largest absolute Gasteiger partial charge is 0.355 e. The lowest BCUT2D eigenvalue weighted by atomic mass is 10.3. The topological polar surface area (TPSA) is 76.0 Å². The smallest absolute Gasteiger partial charge is 0.327 e. The summed E-state index contributed by atoms with van der Waals surface area (Å²) in [5.74, 6) is -0.203. The zero-order valence-electron chi connectivity index (χ0n) is 8.73. The molecule has 1 atom stereocenters. The van der Waals surface area contributed by atoms with E-state index in [1.165, 1.54) is 23.3 Å². The number of nitrogens with one attached hydrogen (secondary N) is 2. The van der Waals surface area contributed by atoms with E-state index in [2.05, 4.69) is 15.6 Å². The summed E-state index contributed by atoms with van der Waals surface area (Å²) in [7, 11) is 0. The monoisotopic (exact) mass is 210 g/mol. The van der Waals surface area contributed by atoms with Crippen molar-refractivity contribution in [2.24, 2.45) is 0 Å². The zero-order valence-corrected chi connectivity index (χ0v) is 8.73. The van der Waals surface area contributed by atoms with Crippen LogP contribution in [-0.4, -0.2) is 34.1 Å². The van der Waals surface area contributed by atoms with Gasteiger partial charge in [0.15, 0.2) is 0 Å². The van der Waals surface area contributed by atoms with Crippen molar-refractivity contribution in [3.8, 4) is 0 Å². The summed E-state index contributed by atoms with van der Waals surface area (Å²) in [5, 5.41) is 5.16. The first-order valence-electron chi connectivity index (χ1n) is 4.71. The van der Waals surface area contributed by atoms with Gasteiger partial charge in [0.2, 0.25) is 5.91 Å². The van der Waals surface area contributed by atoms with Crippen LogP contribution in [0.5, 0.6) is 0 Å². The first-order valence-corrected chi connectivity index (χ1v) is 4.71. The number of hydrogen-bond donors (Lipinski definition) is 2. The average molecular weight is 210 g/mol. The summed E-state index contributed by atoms with van der Waals surface area (Å²) < 4.78 is 1.27. The fourth-order valence-electron chi connectivity index (χ4n) is 1.03. The van der Waals surface area contributed by atoms with E-state index in [4.69, 9.17) is 0 Å². The number of imidazole rings is 1. The van der Waals surface area contributed by atoms with Crippen molar-refractivity contribution < 1.29 is 9.59 Å². The highest BCUT2D eigenvalue weighted by molar-refractivity contribution is 5.87. The predicted molar refractivity (Wildman–Crippen MR) is 54.3 cm³/mol. The van der Waals surface area contributed by atoms with Gasteiger partial charge in [0, 0.05) is 18.9 Å². The normalized spacial score (nSPS) is 11.9. The van der Waals surface area contributed by atoms with Crippen LogP contribution in [0, 0.1) is 0 Å². The summed E-state index contributed by atoms with van der Waals surface area (Å²) in [6.45, 7) is 3.99. The quantitative estimate of drug-likeness (QED) is 0.735. The number of likely N-dealkylation sites (N-methyl/N-ethyl adjacent to an activating group) is 1. The number of carbonyl (C=O) groups is 2. The van der Waals surface area contributed by atoms with Crippen molar-refractivity contribution in [1.29, 1.82) is 0 Å². The molecule has 1 unspecified atom stereocenters. The molecule has 0 spiro atoms. The number of hydrogen-bond acceptors (Lipinski definition) is 3. The van der Waals surface area contributed by atoms with Crippen LogP contribution >= 0.6 is 0 Å². The van der Waals surface area contributed by atoms with Crippen molar-refractivity contribution in [3.63, 3.8) is 0 Å². The second-order valence-electron chi connectivity index (χ2n) is 3.04. The van der Waals surface area contributed by atoms with E-state index in [9.17, 15) is 9.59 Å². The number of carbonyl (C=O) groups excluding carboxylic acids is 2. The predicted octanol–water partition coefficient (Wildman–Crippen LogP) is -0.0346. The molecule has 2 N–H and O–H groups in total. The van der Waals surface area contributed by atoms with Crippen LogP contribution < -0.4 is 10.6 Å². The molecule has 0 bridgehead atoms. The van der Waals surface area contributed by atoms with E-state index in [1.54, 1.807) is 6.92 Å². The Balaban J connectivity index is 2.48. The Morgan fingerprint density at radius 1 is 1.53 bits per heavy atom. The van der Waals surface area contributed by atoms with E-state index in [0.717, 1.165) is 0 Å². The molecule has 6 nitrogen and oxygen atoms in total. The van der Waals surface area contributed by atoms with Gasteiger partial charge >= 0.3 is 6.03 Å². The second kappa shape index (κ2) is 5.14. The molecule has 0 saturated carbocycles. The van der Waals surface area contributed by atoms with E-state index in [0.29, 0.717) is 6.54 Å². The van der Waals surface area contributed by atoms with Crippen LogP contribution in [0.4, 0.5) is 4.79 Å². The number of rotatable bonds is 3. The van der Waals surface area contributed by atoms with Crippen molar-refractivity contribution >= 4 is 11.9 Å². The standard InChI is InChI=1S/C9H14N4O2/c1-3-11-8(14)7(2)12-9(15)13-5-4-10-6-13/h4-7H,3H2,1-2H3,(H,11,14)(H,12,15). The van der Waals surface area contributed by atoms with Crippen LogP contribution in [0.1, 0.15) is 13.8 Å². The van der Waals surface area contributed by atoms with Gasteiger partial charge in [0.1, 0.15) is 12.4 Å². The van der Waals surface area contributed by atoms with Gasteiger partial charge in [0.25, 0.3) is 0 Å². The average Bonchev–Trinajstić information content (AvgIpc) is 2.70. The number of aromatic nitrogens is 2. The maximum absolute atomic E-state index is 11.5. The molecule has 1 heterocycles. The number of nitrogens with zero attached hydrogens (tertiary/aromatic N) is 2. The van der Waals surface area contributed by atoms with Gasteiger partial charge in [-0.05, 0) is 13.8 Å². The Hall–Kier alpha value is -1.85. The highest BCUT2D eigenvalue weighted by Gasteiger charge is 2.14. The summed E-state index contributed by atoms with van der Waals surface area (Å²) >= 11 is 0. The molecule has 1 aromatic heterocycles. The minimum atomic E-state index is -0.556. The minimum absolute atomic E-state index is 0.203. The van der Waals surface area contributed by atoms with Gasteiger partial charge in [-0.15, -0.1) is 0 Å². The molecule has 82 valence electrons. The molecule has 0 aliphatic carbocycles. The maximum Gasteiger partial charge on any atom is 0.327 e. The summed E-state index contributed by atoms with van der Waals surface area (Å²) in [6, 6.07) is -0.925. The molecule has 1 aromatic rings. The Bertz CT molecular complexity index is 334. The third kappa shape index (κ3) is 3.08. The van der Waals surface area contributed by atoms with Crippen LogP contribution in [0.25, 0.3) is 0 Å². The van der Waals surface area contributed by atoms with Gasteiger partial charge < -0.3 is 10.6 Å². The molecule has 0 saturated heterocycles. The van der Waals surface area contributed by atoms with Crippen LogP contribution in [0.3, 0.4) is 0 Å². The van der Waals surface area contributed by atoms with Crippen molar-refractivity contribution in [2.45, 2.75) is 19.9 Å². The molecular formula is C9H14N4O2. The summed E-state index contributed by atoms with van der Waals surface area (Å²) in [6.07, 6.45) is 4.38.